The number of hydrogen-bond donors (Lipinski definition) is 0. The summed E-state index contributed by atoms with van der Waals surface area (Å²) < 4.78 is 2.80. The zero-order valence-corrected chi connectivity index (χ0v) is 25.4. The second kappa shape index (κ2) is 10.3. The maximum Gasteiger partial charge on any atom is 0.277 e. The van der Waals surface area contributed by atoms with Crippen molar-refractivity contribution in [3.8, 4) is 0 Å². The van der Waals surface area contributed by atoms with Crippen molar-refractivity contribution in [2.75, 3.05) is 14.7 Å². The molecule has 0 bridgehead atoms. The highest BCUT2D eigenvalue weighted by Crippen LogP contribution is 2.48. The van der Waals surface area contributed by atoms with Crippen molar-refractivity contribution in [2.45, 2.75) is 0 Å². The van der Waals surface area contributed by atoms with Gasteiger partial charge in [0.25, 0.3) is 6.71 Å². The van der Waals surface area contributed by atoms with Crippen molar-refractivity contribution in [3.05, 3.63) is 156 Å². The fourth-order valence-electron chi connectivity index (χ4n) is 6.79. The molecule has 0 aliphatic carbocycles. The van der Waals surface area contributed by atoms with Gasteiger partial charge >= 0.3 is 0 Å². The monoisotopic (exact) mass is 599 g/mol. The largest absolute Gasteiger partial charge is 0.311 e. The second-order valence-corrected chi connectivity index (χ2v) is 12.9. The predicted molar refractivity (Wildman–Crippen MR) is 191 cm³/mol. The molecule has 0 N–H and O–H groups in total. The lowest BCUT2D eigenvalue weighted by atomic mass is 9.39. The van der Waals surface area contributed by atoms with Crippen LogP contribution >= 0.6 is 22.7 Å². The molecule has 44 heavy (non-hydrogen) atoms. The van der Waals surface area contributed by atoms with Crippen molar-refractivity contribution in [3.63, 3.8) is 0 Å². The Morgan fingerprint density at radius 3 is 1.27 bits per heavy atom. The van der Waals surface area contributed by atoms with Crippen molar-refractivity contribution < 1.29 is 0 Å². The highest BCUT2D eigenvalue weighted by molar-refractivity contribution is 7.35. The number of fused-ring (bicyclic) bond motifs is 4. The molecular formula is C38H26BN3S2. The molecule has 208 valence electrons. The van der Waals surface area contributed by atoms with E-state index in [1.165, 1.54) is 49.1 Å². The number of anilines is 9. The van der Waals surface area contributed by atoms with E-state index in [1.54, 1.807) is 0 Å². The lowest BCUT2D eigenvalue weighted by molar-refractivity contribution is 1.23. The first-order chi connectivity index (χ1) is 21.9. The third-order valence-corrected chi connectivity index (χ3v) is 10.5. The summed E-state index contributed by atoms with van der Waals surface area (Å²) in [7, 11) is 0. The molecule has 3 nitrogen and oxygen atoms in total. The van der Waals surface area contributed by atoms with Gasteiger partial charge in [-0.15, -0.1) is 0 Å². The van der Waals surface area contributed by atoms with Crippen LogP contribution in [0.2, 0.25) is 0 Å². The maximum absolute atomic E-state index is 2.47. The molecule has 0 atom stereocenters. The van der Waals surface area contributed by atoms with E-state index in [2.05, 4.69) is 171 Å². The van der Waals surface area contributed by atoms with Gasteiger partial charge in [-0.2, -0.15) is 22.7 Å². The molecular weight excluding hydrogens is 573 g/mol. The molecule has 0 fully saturated rings. The Bertz CT molecular complexity index is 1950. The molecule has 0 saturated carbocycles. The van der Waals surface area contributed by atoms with Gasteiger partial charge in [-0.25, -0.2) is 0 Å². The van der Waals surface area contributed by atoms with Gasteiger partial charge in [0.05, 0.1) is 17.1 Å². The van der Waals surface area contributed by atoms with Crippen LogP contribution in [0.25, 0.3) is 0 Å². The van der Waals surface area contributed by atoms with Crippen molar-refractivity contribution in [1.82, 2.24) is 0 Å². The third-order valence-electron chi connectivity index (χ3n) is 8.56. The molecule has 0 amide bonds. The number of hydrogen-bond acceptors (Lipinski definition) is 5. The lowest BCUT2D eigenvalue weighted by Gasteiger charge is -2.42. The Balaban J connectivity index is 1.39. The van der Waals surface area contributed by atoms with Gasteiger partial charge in [-0.3, -0.25) is 0 Å². The molecule has 5 aromatic carbocycles. The number of para-hydroxylation sites is 4. The van der Waals surface area contributed by atoms with Crippen LogP contribution in [0.4, 0.5) is 51.2 Å². The van der Waals surface area contributed by atoms with E-state index in [4.69, 9.17) is 0 Å². The van der Waals surface area contributed by atoms with Crippen molar-refractivity contribution >= 4 is 95.6 Å². The number of nitrogens with zero attached hydrogens (tertiary/aromatic N) is 3. The number of rotatable bonds is 5. The standard InChI is InChI=1S/C38H26BN3S2/c1-5-13-27(14-6-1)40(28-15-7-2-8-16-28)31-25-34-36-35(26-31)42(30-19-11-4-12-20-30)33-22-24-44-38(33)39(36)37-32(21-23-43-37)41(34)29-17-9-3-10-18-29/h1-26H. The molecule has 0 radical (unpaired) electrons. The summed E-state index contributed by atoms with van der Waals surface area (Å²) in [5.41, 5.74) is 12.0. The Hall–Kier alpha value is -5.04. The Labute approximate surface area is 265 Å². The van der Waals surface area contributed by atoms with Crippen LogP contribution in [-0.2, 0) is 0 Å². The Kier molecular flexibility index (Phi) is 5.96. The average molecular weight is 600 g/mol. The number of benzene rings is 5. The first-order valence-corrected chi connectivity index (χ1v) is 16.6. The van der Waals surface area contributed by atoms with Gasteiger partial charge < -0.3 is 14.7 Å². The molecule has 2 aliphatic heterocycles. The summed E-state index contributed by atoms with van der Waals surface area (Å²) in [4.78, 5) is 7.33. The minimum atomic E-state index is 0.181. The van der Waals surface area contributed by atoms with Gasteiger partial charge in [0, 0.05) is 43.7 Å². The summed E-state index contributed by atoms with van der Waals surface area (Å²) >= 11 is 3.73. The molecule has 4 heterocycles. The van der Waals surface area contributed by atoms with E-state index in [0.717, 1.165) is 17.1 Å². The zero-order valence-electron chi connectivity index (χ0n) is 23.7. The first-order valence-electron chi connectivity index (χ1n) is 14.8. The van der Waals surface area contributed by atoms with E-state index in [1.807, 2.05) is 22.7 Å². The predicted octanol–water partition coefficient (Wildman–Crippen LogP) is 9.36. The smallest absolute Gasteiger partial charge is 0.277 e. The second-order valence-electron chi connectivity index (χ2n) is 11.0. The summed E-state index contributed by atoms with van der Waals surface area (Å²) in [5.74, 6) is 0. The summed E-state index contributed by atoms with van der Waals surface area (Å²) in [5, 5.41) is 4.51. The van der Waals surface area contributed by atoms with Gasteiger partial charge in [-0.05, 0) is 89.0 Å². The highest BCUT2D eigenvalue weighted by Gasteiger charge is 2.45. The van der Waals surface area contributed by atoms with Gasteiger partial charge in [0.1, 0.15) is 0 Å². The van der Waals surface area contributed by atoms with Gasteiger partial charge in [0.2, 0.25) is 0 Å². The molecule has 6 heteroatoms. The van der Waals surface area contributed by atoms with E-state index < -0.39 is 0 Å². The highest BCUT2D eigenvalue weighted by atomic mass is 32.1. The van der Waals surface area contributed by atoms with Crippen LogP contribution in [-0.4, -0.2) is 6.71 Å². The van der Waals surface area contributed by atoms with Crippen LogP contribution in [0.5, 0.6) is 0 Å². The van der Waals surface area contributed by atoms with E-state index >= 15 is 0 Å². The van der Waals surface area contributed by atoms with Crippen molar-refractivity contribution in [1.29, 1.82) is 0 Å². The molecule has 0 unspecified atom stereocenters. The van der Waals surface area contributed by atoms with E-state index in [-0.39, 0.29) is 6.71 Å². The van der Waals surface area contributed by atoms with Crippen LogP contribution in [0.1, 0.15) is 0 Å². The van der Waals surface area contributed by atoms with Crippen LogP contribution in [0.15, 0.2) is 156 Å². The molecule has 7 aromatic rings. The average Bonchev–Trinajstić information content (AvgIpc) is 3.77. The van der Waals surface area contributed by atoms with Crippen LogP contribution in [0, 0.1) is 0 Å². The molecule has 0 saturated heterocycles. The maximum atomic E-state index is 2.47. The number of thiophene rings is 2. The fraction of sp³-hybridized carbons (Fsp3) is 0. The first kappa shape index (κ1) is 25.5. The Morgan fingerprint density at radius 2 is 0.841 bits per heavy atom. The summed E-state index contributed by atoms with van der Waals surface area (Å²) in [6.07, 6.45) is 0. The van der Waals surface area contributed by atoms with E-state index in [9.17, 15) is 0 Å². The SMILES string of the molecule is c1ccc(N(c2ccccc2)c2cc3c4c(c2)N(c2ccccc2)c2ccsc2B4c2sccc2N3c2ccccc2)cc1. The molecule has 2 aromatic heterocycles. The molecule has 0 spiro atoms. The molecule has 9 rings (SSSR count). The topological polar surface area (TPSA) is 9.72 Å². The van der Waals surface area contributed by atoms with Crippen molar-refractivity contribution in [2.24, 2.45) is 0 Å². The van der Waals surface area contributed by atoms with Crippen LogP contribution < -0.4 is 29.7 Å². The zero-order chi connectivity index (χ0) is 29.0. The third kappa shape index (κ3) is 3.88. The summed E-state index contributed by atoms with van der Waals surface area (Å²) in [6, 6.07) is 52.4. The Morgan fingerprint density at radius 1 is 0.432 bits per heavy atom. The lowest BCUT2D eigenvalue weighted by Crippen LogP contribution is -2.59. The minimum Gasteiger partial charge on any atom is -0.311 e. The fourth-order valence-corrected chi connectivity index (χ4v) is 8.85. The van der Waals surface area contributed by atoms with E-state index in [0.29, 0.717) is 0 Å². The van der Waals surface area contributed by atoms with Gasteiger partial charge in [-0.1, -0.05) is 72.8 Å². The molecule has 2 aliphatic rings. The summed E-state index contributed by atoms with van der Waals surface area (Å²) in [6.45, 7) is 0.181. The quantitative estimate of drug-likeness (QED) is 0.183. The normalized spacial score (nSPS) is 12.9. The minimum absolute atomic E-state index is 0.181. The van der Waals surface area contributed by atoms with Gasteiger partial charge in [0.15, 0.2) is 0 Å². The van der Waals surface area contributed by atoms with Crippen LogP contribution in [0.3, 0.4) is 0 Å².